The Morgan fingerprint density at radius 1 is 1.03 bits per heavy atom. The maximum Gasteiger partial charge on any atom is 0.309 e. The standard InChI is InChI=1S/C27H43N3O8/c1-15(2)12-18(27(37)38-6)13-24(34)21-8-7-11-30(21)26(36)19(16(3)4)14-23(33)20(29-17(5)31)9-10-22(32)25(28)35/h15-16,18-21H,7-14H2,1-6H3,(H2,28,35)(H,29,31)/t18-,19+,20+,21+/m1/s1. The van der Waals surface area contributed by atoms with E-state index < -0.39 is 53.3 Å². The molecular formula is C27H43N3O8. The van der Waals surface area contributed by atoms with E-state index in [4.69, 9.17) is 10.5 Å². The molecule has 3 amide bonds. The summed E-state index contributed by atoms with van der Waals surface area (Å²) in [5.41, 5.74) is 4.98. The average molecular weight is 538 g/mol. The number of esters is 1. The van der Waals surface area contributed by atoms with E-state index in [2.05, 4.69) is 5.32 Å². The molecule has 1 heterocycles. The fourth-order valence-electron chi connectivity index (χ4n) is 4.88. The second-order valence-corrected chi connectivity index (χ2v) is 10.8. The van der Waals surface area contributed by atoms with E-state index in [0.717, 1.165) is 0 Å². The van der Waals surface area contributed by atoms with Crippen LogP contribution < -0.4 is 11.1 Å². The lowest BCUT2D eigenvalue weighted by atomic mass is 9.86. The topological polar surface area (TPSA) is 170 Å². The van der Waals surface area contributed by atoms with E-state index in [9.17, 15) is 33.6 Å². The normalized spacial score (nSPS) is 17.6. The third kappa shape index (κ3) is 9.98. The van der Waals surface area contributed by atoms with E-state index in [1.54, 1.807) is 13.8 Å². The van der Waals surface area contributed by atoms with Gasteiger partial charge in [0, 0.05) is 38.6 Å². The van der Waals surface area contributed by atoms with Crippen molar-refractivity contribution in [2.75, 3.05) is 13.7 Å². The molecule has 11 heteroatoms. The van der Waals surface area contributed by atoms with Crippen LogP contribution in [0.4, 0.5) is 0 Å². The zero-order valence-corrected chi connectivity index (χ0v) is 23.4. The maximum absolute atomic E-state index is 13.6. The van der Waals surface area contributed by atoms with Gasteiger partial charge in [-0.15, -0.1) is 0 Å². The number of nitrogens with two attached hydrogens (primary N) is 1. The molecule has 38 heavy (non-hydrogen) atoms. The summed E-state index contributed by atoms with van der Waals surface area (Å²) in [5.74, 6) is -5.33. The lowest BCUT2D eigenvalue weighted by Crippen LogP contribution is -2.47. The minimum absolute atomic E-state index is 0.0247. The molecule has 0 aromatic carbocycles. The molecule has 0 aliphatic carbocycles. The highest BCUT2D eigenvalue weighted by Crippen LogP contribution is 2.29. The maximum atomic E-state index is 13.6. The first-order chi connectivity index (χ1) is 17.7. The van der Waals surface area contributed by atoms with Gasteiger partial charge in [0.05, 0.1) is 25.1 Å². The second kappa shape index (κ2) is 15.3. The van der Waals surface area contributed by atoms with Gasteiger partial charge in [-0.3, -0.25) is 33.6 Å². The van der Waals surface area contributed by atoms with Gasteiger partial charge < -0.3 is 20.7 Å². The van der Waals surface area contributed by atoms with Gasteiger partial charge in [-0.05, 0) is 37.5 Å². The van der Waals surface area contributed by atoms with Crippen molar-refractivity contribution in [3.05, 3.63) is 0 Å². The van der Waals surface area contributed by atoms with E-state index in [0.29, 0.717) is 25.8 Å². The van der Waals surface area contributed by atoms with Crippen molar-refractivity contribution in [3.63, 3.8) is 0 Å². The lowest BCUT2D eigenvalue weighted by molar-refractivity contribution is -0.149. The zero-order valence-electron chi connectivity index (χ0n) is 23.4. The Morgan fingerprint density at radius 3 is 2.16 bits per heavy atom. The highest BCUT2D eigenvalue weighted by Gasteiger charge is 2.40. The highest BCUT2D eigenvalue weighted by atomic mass is 16.5. The van der Waals surface area contributed by atoms with Gasteiger partial charge in [-0.2, -0.15) is 0 Å². The van der Waals surface area contributed by atoms with Gasteiger partial charge in [-0.25, -0.2) is 0 Å². The summed E-state index contributed by atoms with van der Waals surface area (Å²) in [6, 6.07) is -1.74. The summed E-state index contributed by atoms with van der Waals surface area (Å²) >= 11 is 0. The van der Waals surface area contributed by atoms with Gasteiger partial charge >= 0.3 is 5.97 Å². The van der Waals surface area contributed by atoms with Crippen molar-refractivity contribution in [3.8, 4) is 0 Å². The predicted octanol–water partition coefficient (Wildman–Crippen LogP) is 1.34. The number of amides is 3. The number of rotatable bonds is 16. The van der Waals surface area contributed by atoms with Crippen molar-refractivity contribution in [2.45, 2.75) is 91.6 Å². The Balaban J connectivity index is 3.04. The molecule has 0 aromatic heterocycles. The Bertz CT molecular complexity index is 914. The average Bonchev–Trinajstić information content (AvgIpc) is 3.32. The van der Waals surface area contributed by atoms with E-state index in [1.807, 2.05) is 13.8 Å². The molecule has 0 aromatic rings. The minimum Gasteiger partial charge on any atom is -0.469 e. The van der Waals surface area contributed by atoms with Crippen molar-refractivity contribution in [1.82, 2.24) is 10.2 Å². The number of methoxy groups -OCH3 is 1. The van der Waals surface area contributed by atoms with Crippen LogP contribution in [0.25, 0.3) is 0 Å². The first kappa shape index (κ1) is 32.9. The SMILES string of the molecule is COC(=O)[C@@H](CC(=O)[C@@H]1CCCN1C(=O)[C@@H](CC(=O)[C@H](CCC(=O)C(N)=O)NC(C)=O)C(C)C)CC(C)C. The Labute approximate surface area is 224 Å². The summed E-state index contributed by atoms with van der Waals surface area (Å²) in [6.07, 6.45) is 0.928. The van der Waals surface area contributed by atoms with Crippen molar-refractivity contribution < 1.29 is 38.3 Å². The van der Waals surface area contributed by atoms with Gasteiger partial charge in [0.1, 0.15) is 0 Å². The molecule has 0 spiro atoms. The van der Waals surface area contributed by atoms with Crippen molar-refractivity contribution in [2.24, 2.45) is 29.4 Å². The number of Topliss-reactive ketones (excluding diaryl/α,β-unsaturated/α-hetero) is 3. The summed E-state index contributed by atoms with van der Waals surface area (Å²) in [7, 11) is 1.29. The molecule has 0 bridgehead atoms. The van der Waals surface area contributed by atoms with E-state index in [-0.39, 0.29) is 49.2 Å². The zero-order chi connectivity index (χ0) is 29.2. The molecule has 11 nitrogen and oxygen atoms in total. The van der Waals surface area contributed by atoms with Crippen LogP contribution in [0.3, 0.4) is 0 Å². The van der Waals surface area contributed by atoms with Crippen LogP contribution in [0.1, 0.15) is 79.6 Å². The smallest absolute Gasteiger partial charge is 0.309 e. The third-order valence-corrected chi connectivity index (χ3v) is 6.89. The number of ketones is 3. The number of ether oxygens (including phenoxy) is 1. The van der Waals surface area contributed by atoms with Crippen molar-refractivity contribution in [1.29, 1.82) is 0 Å². The van der Waals surface area contributed by atoms with Gasteiger partial charge in [-0.1, -0.05) is 27.7 Å². The number of hydrogen-bond acceptors (Lipinski definition) is 8. The van der Waals surface area contributed by atoms with Crippen LogP contribution in [0, 0.1) is 23.7 Å². The number of hydrogen-bond donors (Lipinski definition) is 2. The number of likely N-dealkylation sites (tertiary alicyclic amines) is 1. The molecule has 1 aliphatic rings. The van der Waals surface area contributed by atoms with E-state index in [1.165, 1.54) is 18.9 Å². The summed E-state index contributed by atoms with van der Waals surface area (Å²) in [6.45, 7) is 9.08. The predicted molar refractivity (Wildman–Crippen MR) is 138 cm³/mol. The number of carbonyl (C=O) groups is 7. The summed E-state index contributed by atoms with van der Waals surface area (Å²) < 4.78 is 4.88. The first-order valence-corrected chi connectivity index (χ1v) is 13.2. The molecule has 3 N–H and O–H groups in total. The van der Waals surface area contributed by atoms with Gasteiger partial charge in [0.2, 0.25) is 17.6 Å². The van der Waals surface area contributed by atoms with Gasteiger partial charge in [0.25, 0.3) is 5.91 Å². The Hall–Kier alpha value is -3.11. The fraction of sp³-hybridized carbons (Fsp3) is 0.741. The Kier molecular flexibility index (Phi) is 13.3. The molecule has 1 aliphatic heterocycles. The number of primary amides is 1. The molecule has 0 unspecified atom stereocenters. The van der Waals surface area contributed by atoms with Crippen LogP contribution in [0.15, 0.2) is 0 Å². The van der Waals surface area contributed by atoms with Gasteiger partial charge in [0.15, 0.2) is 11.6 Å². The number of nitrogens with one attached hydrogen (secondary N) is 1. The number of nitrogens with zero attached hydrogens (tertiary/aromatic N) is 1. The van der Waals surface area contributed by atoms with Crippen LogP contribution in [-0.2, 0) is 38.3 Å². The molecule has 0 saturated carbocycles. The molecule has 214 valence electrons. The number of carbonyl (C=O) groups excluding carboxylic acids is 7. The molecule has 4 atom stereocenters. The Morgan fingerprint density at radius 2 is 1.66 bits per heavy atom. The third-order valence-electron chi connectivity index (χ3n) is 6.89. The monoisotopic (exact) mass is 537 g/mol. The quantitative estimate of drug-likeness (QED) is 0.219. The molecule has 1 saturated heterocycles. The summed E-state index contributed by atoms with van der Waals surface area (Å²) in [4.78, 5) is 88.1. The van der Waals surface area contributed by atoms with Crippen LogP contribution in [0.5, 0.6) is 0 Å². The van der Waals surface area contributed by atoms with E-state index >= 15 is 0 Å². The fourth-order valence-corrected chi connectivity index (χ4v) is 4.88. The highest BCUT2D eigenvalue weighted by molar-refractivity contribution is 6.35. The molecule has 1 fully saturated rings. The minimum atomic E-state index is -1.12. The summed E-state index contributed by atoms with van der Waals surface area (Å²) in [5, 5.41) is 2.49. The van der Waals surface area contributed by atoms with Crippen LogP contribution >= 0.6 is 0 Å². The second-order valence-electron chi connectivity index (χ2n) is 10.8. The van der Waals surface area contributed by atoms with Crippen LogP contribution in [0.2, 0.25) is 0 Å². The van der Waals surface area contributed by atoms with Crippen LogP contribution in [-0.4, -0.2) is 71.7 Å². The largest absolute Gasteiger partial charge is 0.469 e. The lowest BCUT2D eigenvalue weighted by Gasteiger charge is -2.31. The first-order valence-electron chi connectivity index (χ1n) is 13.2. The van der Waals surface area contributed by atoms with Crippen molar-refractivity contribution >= 4 is 41.0 Å². The molecule has 0 radical (unpaired) electrons. The molecule has 1 rings (SSSR count). The molecular weight excluding hydrogens is 494 g/mol.